The summed E-state index contributed by atoms with van der Waals surface area (Å²) in [4.78, 5) is 30.7. The molecular formula is C27H30N2O6. The van der Waals surface area contributed by atoms with E-state index in [0.29, 0.717) is 41.1 Å². The topological polar surface area (TPSA) is 92.5 Å². The molecule has 184 valence electrons. The molecule has 0 saturated carbocycles. The number of nitrogens with zero attached hydrogens (tertiary/aromatic N) is 2. The maximum absolute atomic E-state index is 13.7. The Morgan fingerprint density at radius 3 is 2.51 bits per heavy atom. The maximum atomic E-state index is 13.7. The fourth-order valence-electron chi connectivity index (χ4n) is 4.51. The van der Waals surface area contributed by atoms with E-state index in [-0.39, 0.29) is 11.3 Å². The van der Waals surface area contributed by atoms with Gasteiger partial charge in [0.1, 0.15) is 5.75 Å². The molecule has 0 bridgehead atoms. The van der Waals surface area contributed by atoms with Crippen LogP contribution in [0, 0.1) is 0 Å². The molecule has 1 aromatic heterocycles. The summed E-state index contributed by atoms with van der Waals surface area (Å²) in [5, 5.41) is 11.6. The highest BCUT2D eigenvalue weighted by Gasteiger charge is 2.44. The van der Waals surface area contributed by atoms with Gasteiger partial charge in [-0.3, -0.25) is 9.59 Å². The minimum absolute atomic E-state index is 0.0131. The number of likely N-dealkylation sites (N-methyl/N-ethyl adjacent to an activating group) is 1. The van der Waals surface area contributed by atoms with Gasteiger partial charge in [-0.1, -0.05) is 38.1 Å². The van der Waals surface area contributed by atoms with Crippen LogP contribution >= 0.6 is 0 Å². The van der Waals surface area contributed by atoms with Crippen LogP contribution in [0.25, 0.3) is 11.0 Å². The predicted octanol–water partition coefficient (Wildman–Crippen LogP) is 4.37. The lowest BCUT2D eigenvalue weighted by Gasteiger charge is -2.29. The number of Topliss-reactive ketones (excluding diaryl/α,β-unsaturated/α-hetero) is 1. The molecule has 35 heavy (non-hydrogen) atoms. The summed E-state index contributed by atoms with van der Waals surface area (Å²) < 4.78 is 16.6. The second-order valence-electron chi connectivity index (χ2n) is 8.29. The molecule has 2 aromatic carbocycles. The molecule has 1 atom stereocenters. The molecule has 1 N–H and O–H groups in total. The number of ketones is 1. The third-order valence-corrected chi connectivity index (χ3v) is 6.46. The first-order valence-electron chi connectivity index (χ1n) is 11.6. The van der Waals surface area contributed by atoms with Gasteiger partial charge in [0.15, 0.2) is 22.9 Å². The van der Waals surface area contributed by atoms with Crippen LogP contribution in [0.3, 0.4) is 0 Å². The van der Waals surface area contributed by atoms with Gasteiger partial charge >= 0.3 is 0 Å². The second-order valence-corrected chi connectivity index (χ2v) is 8.29. The lowest BCUT2D eigenvalue weighted by atomic mass is 9.95. The van der Waals surface area contributed by atoms with Crippen LogP contribution in [0.4, 0.5) is 0 Å². The Balaban J connectivity index is 1.78. The van der Waals surface area contributed by atoms with Crippen LogP contribution in [-0.2, 0) is 4.79 Å². The Bertz CT molecular complexity index is 1270. The Kier molecular flexibility index (Phi) is 7.12. The smallest absolute Gasteiger partial charge is 0.290 e. The van der Waals surface area contributed by atoms with Crippen LogP contribution < -0.4 is 9.47 Å². The van der Waals surface area contributed by atoms with Crippen molar-refractivity contribution in [3.05, 3.63) is 71.2 Å². The van der Waals surface area contributed by atoms with E-state index in [9.17, 15) is 14.7 Å². The summed E-state index contributed by atoms with van der Waals surface area (Å²) in [5.74, 6) is -0.584. The number of aliphatic hydroxyl groups excluding tert-OH is 1. The van der Waals surface area contributed by atoms with Crippen LogP contribution in [0.2, 0.25) is 0 Å². The number of aliphatic hydroxyl groups is 1. The summed E-state index contributed by atoms with van der Waals surface area (Å²) in [7, 11) is 3.08. The summed E-state index contributed by atoms with van der Waals surface area (Å²) in [6.07, 6.45) is 0. The van der Waals surface area contributed by atoms with Crippen LogP contribution in [0.1, 0.15) is 36.0 Å². The molecule has 0 unspecified atom stereocenters. The highest BCUT2D eigenvalue weighted by Crippen LogP contribution is 2.40. The molecule has 0 spiro atoms. The maximum Gasteiger partial charge on any atom is 0.290 e. The van der Waals surface area contributed by atoms with E-state index in [1.54, 1.807) is 48.4 Å². The van der Waals surface area contributed by atoms with Crippen molar-refractivity contribution in [2.45, 2.75) is 19.9 Å². The third kappa shape index (κ3) is 4.49. The largest absolute Gasteiger partial charge is 0.503 e. The number of para-hydroxylation sites is 1. The normalized spacial score (nSPS) is 16.0. The van der Waals surface area contributed by atoms with Gasteiger partial charge in [0.2, 0.25) is 5.78 Å². The Morgan fingerprint density at radius 1 is 1.09 bits per heavy atom. The number of furan rings is 1. The SMILES string of the molecule is CCN(CC)CCN1C(=O)C(O)=C(C(=O)c2cc3cccc(OC)c3o2)[C@@H]1c1cccc(OC)c1. The lowest BCUT2D eigenvalue weighted by Crippen LogP contribution is -2.38. The van der Waals surface area contributed by atoms with Gasteiger partial charge in [0.25, 0.3) is 5.91 Å². The number of hydrogen-bond acceptors (Lipinski definition) is 7. The van der Waals surface area contributed by atoms with Gasteiger partial charge in [0.05, 0.1) is 25.8 Å². The highest BCUT2D eigenvalue weighted by atomic mass is 16.5. The van der Waals surface area contributed by atoms with Crippen molar-refractivity contribution in [1.29, 1.82) is 0 Å². The van der Waals surface area contributed by atoms with Crippen LogP contribution in [-0.4, -0.2) is 67.0 Å². The zero-order valence-corrected chi connectivity index (χ0v) is 20.4. The van der Waals surface area contributed by atoms with Gasteiger partial charge < -0.3 is 28.8 Å². The van der Waals surface area contributed by atoms with Gasteiger partial charge in [-0.05, 0) is 42.9 Å². The van der Waals surface area contributed by atoms with E-state index in [4.69, 9.17) is 13.9 Å². The summed E-state index contributed by atoms with van der Waals surface area (Å²) in [6, 6.07) is 13.3. The fraction of sp³-hybridized carbons (Fsp3) is 0.333. The number of amides is 1. The van der Waals surface area contributed by atoms with Gasteiger partial charge in [0, 0.05) is 18.5 Å². The fourth-order valence-corrected chi connectivity index (χ4v) is 4.51. The summed E-state index contributed by atoms with van der Waals surface area (Å²) in [6.45, 7) is 6.71. The minimum Gasteiger partial charge on any atom is -0.503 e. The molecule has 1 aliphatic rings. The molecule has 1 aliphatic heterocycles. The van der Waals surface area contributed by atoms with Crippen molar-refractivity contribution in [3.63, 3.8) is 0 Å². The number of benzene rings is 2. The van der Waals surface area contributed by atoms with Gasteiger partial charge in [-0.25, -0.2) is 0 Å². The Labute approximate surface area is 204 Å². The second kappa shape index (κ2) is 10.2. The Hall–Kier alpha value is -3.78. The van der Waals surface area contributed by atoms with Crippen molar-refractivity contribution in [1.82, 2.24) is 9.80 Å². The molecular weight excluding hydrogens is 448 g/mol. The number of rotatable bonds is 10. The Morgan fingerprint density at radius 2 is 1.83 bits per heavy atom. The summed E-state index contributed by atoms with van der Waals surface area (Å²) >= 11 is 0. The van der Waals surface area contributed by atoms with Crippen molar-refractivity contribution in [3.8, 4) is 11.5 Å². The van der Waals surface area contributed by atoms with E-state index < -0.39 is 23.5 Å². The average molecular weight is 479 g/mol. The molecule has 0 fully saturated rings. The zero-order valence-electron chi connectivity index (χ0n) is 20.4. The zero-order chi connectivity index (χ0) is 25.1. The average Bonchev–Trinajstić information content (AvgIpc) is 3.43. The van der Waals surface area contributed by atoms with Crippen molar-refractivity contribution < 1.29 is 28.6 Å². The highest BCUT2D eigenvalue weighted by molar-refractivity contribution is 6.16. The molecule has 2 heterocycles. The first-order chi connectivity index (χ1) is 16.9. The monoisotopic (exact) mass is 478 g/mol. The van der Waals surface area contributed by atoms with E-state index in [1.165, 1.54) is 7.11 Å². The number of ether oxygens (including phenoxy) is 2. The number of carbonyl (C=O) groups excluding carboxylic acids is 2. The van der Waals surface area contributed by atoms with Gasteiger partial charge in [-0.2, -0.15) is 0 Å². The molecule has 3 aromatic rings. The molecule has 0 saturated heterocycles. The first-order valence-corrected chi connectivity index (χ1v) is 11.6. The van der Waals surface area contributed by atoms with Crippen LogP contribution in [0.5, 0.6) is 11.5 Å². The van der Waals surface area contributed by atoms with E-state index in [1.807, 2.05) is 12.1 Å². The van der Waals surface area contributed by atoms with Crippen molar-refractivity contribution in [2.24, 2.45) is 0 Å². The molecule has 8 nitrogen and oxygen atoms in total. The van der Waals surface area contributed by atoms with Crippen LogP contribution in [0.15, 0.2) is 64.3 Å². The van der Waals surface area contributed by atoms with Crippen molar-refractivity contribution >= 4 is 22.7 Å². The van der Waals surface area contributed by atoms with E-state index in [2.05, 4.69) is 18.7 Å². The first kappa shape index (κ1) is 24.3. The molecule has 4 rings (SSSR count). The van der Waals surface area contributed by atoms with E-state index in [0.717, 1.165) is 13.1 Å². The number of carbonyl (C=O) groups is 2. The number of fused-ring (bicyclic) bond motifs is 1. The molecule has 0 radical (unpaired) electrons. The lowest BCUT2D eigenvalue weighted by molar-refractivity contribution is -0.129. The standard InChI is InChI=1S/C27H30N2O6/c1-5-28(6-2)13-14-29-23(17-9-7-11-19(15-17)33-3)22(25(31)27(29)32)24(30)21-16-18-10-8-12-20(34-4)26(18)35-21/h7-12,15-16,23,31H,5-6,13-14H2,1-4H3/t23-/m0/s1. The summed E-state index contributed by atoms with van der Waals surface area (Å²) in [5.41, 5.74) is 1.08. The molecule has 0 aliphatic carbocycles. The predicted molar refractivity (Wildman–Crippen MR) is 132 cm³/mol. The number of hydrogen-bond donors (Lipinski definition) is 1. The quantitative estimate of drug-likeness (QED) is 0.433. The van der Waals surface area contributed by atoms with Crippen molar-refractivity contribution in [2.75, 3.05) is 40.4 Å². The third-order valence-electron chi connectivity index (χ3n) is 6.46. The molecule has 8 heteroatoms. The minimum atomic E-state index is -0.782. The number of methoxy groups -OCH3 is 2. The van der Waals surface area contributed by atoms with E-state index >= 15 is 0 Å². The molecule has 1 amide bonds. The van der Waals surface area contributed by atoms with Gasteiger partial charge in [-0.15, -0.1) is 0 Å².